The Morgan fingerprint density at radius 3 is 0.880 bits per heavy atom. The lowest BCUT2D eigenvalue weighted by Gasteiger charge is -2.15. The first-order valence-electron chi connectivity index (χ1n) is 6.60. The third kappa shape index (κ3) is 23.1. The van der Waals surface area contributed by atoms with E-state index in [2.05, 4.69) is 122 Å². The average Bonchev–Trinajstić information content (AvgIpc) is 2.63. The van der Waals surface area contributed by atoms with Crippen molar-refractivity contribution in [2.24, 2.45) is 5.84 Å². The van der Waals surface area contributed by atoms with Crippen LogP contribution < -0.4 is 127 Å². The summed E-state index contributed by atoms with van der Waals surface area (Å²) in [7, 11) is 0. The van der Waals surface area contributed by atoms with Crippen LogP contribution in [-0.4, -0.2) is 6.54 Å². The van der Waals surface area contributed by atoms with Gasteiger partial charge >= 0.3 is 0 Å². The highest BCUT2D eigenvalue weighted by Crippen LogP contribution is 1.38. The molecule has 24 N–H and O–H groups in total. The molecule has 0 aromatic carbocycles. The molecule has 0 bridgehead atoms. The van der Waals surface area contributed by atoms with E-state index < -0.39 is 0 Å². The maximum Gasteiger partial charge on any atom is 0.00850 e. The number of hydrogen-bond acceptors (Lipinski definition) is 23. The van der Waals surface area contributed by atoms with Crippen molar-refractivity contribution in [1.29, 1.82) is 0 Å². The van der Waals surface area contributed by atoms with E-state index in [0.717, 1.165) is 6.54 Å². The molecule has 0 aliphatic rings. The van der Waals surface area contributed by atoms with E-state index in [1.54, 1.807) is 0 Å². The Labute approximate surface area is 142 Å². The number of nitrogens with one attached hydrogen (secondary N) is 22. The van der Waals surface area contributed by atoms with E-state index in [4.69, 9.17) is 5.84 Å². The van der Waals surface area contributed by atoms with Crippen LogP contribution in [0.1, 0.15) is 6.92 Å². The van der Waals surface area contributed by atoms with Gasteiger partial charge in [0.05, 0.1) is 0 Å². The van der Waals surface area contributed by atoms with E-state index in [0.29, 0.717) is 0 Å². The molecule has 23 heteroatoms. The summed E-state index contributed by atoms with van der Waals surface area (Å²) in [6.07, 6.45) is 0. The van der Waals surface area contributed by atoms with E-state index in [9.17, 15) is 0 Å². The Morgan fingerprint density at radius 1 is 0.400 bits per heavy atom. The van der Waals surface area contributed by atoms with Crippen LogP contribution in [-0.2, 0) is 0 Å². The Hall–Kier alpha value is -0.920. The number of hydrogen-bond donors (Lipinski definition) is 23. The van der Waals surface area contributed by atoms with Crippen LogP contribution in [0, 0.1) is 0 Å². The predicted octanol–water partition coefficient (Wildman–Crippen LogP) is -10.9. The summed E-state index contributed by atoms with van der Waals surface area (Å²) >= 11 is 0. The summed E-state index contributed by atoms with van der Waals surface area (Å²) in [6, 6.07) is 0. The van der Waals surface area contributed by atoms with Crippen LogP contribution in [0.3, 0.4) is 0 Å². The van der Waals surface area contributed by atoms with Crippen molar-refractivity contribution in [2.75, 3.05) is 6.54 Å². The van der Waals surface area contributed by atoms with Gasteiger partial charge in [0.2, 0.25) is 0 Å². The Balaban J connectivity index is 2.94. The first kappa shape index (κ1) is 24.1. The maximum absolute atomic E-state index is 4.91. The normalized spacial score (nSPS) is 11.3. The van der Waals surface area contributed by atoms with Crippen LogP contribution in [0.2, 0.25) is 0 Å². The van der Waals surface area contributed by atoms with E-state index in [1.807, 2.05) is 6.92 Å². The van der Waals surface area contributed by atoms with Gasteiger partial charge in [0.1, 0.15) is 0 Å². The summed E-state index contributed by atoms with van der Waals surface area (Å²) in [5.41, 5.74) is 54.9. The van der Waals surface area contributed by atoms with Gasteiger partial charge in [0.15, 0.2) is 0 Å². The number of nitrogens with two attached hydrogens (primary N) is 1. The lowest BCUT2D eigenvalue weighted by Crippen LogP contribution is -2.69. The van der Waals surface area contributed by atoms with Crippen LogP contribution >= 0.6 is 0 Å². The van der Waals surface area contributed by atoms with Crippen LogP contribution in [0.15, 0.2) is 0 Å². The molecule has 0 saturated heterocycles. The second-order valence-corrected chi connectivity index (χ2v) is 3.17. The predicted molar refractivity (Wildman–Crippen MR) is 83.7 cm³/mol. The lowest BCUT2D eigenvalue weighted by atomic mass is 10.8. The fourth-order valence-corrected chi connectivity index (χ4v) is 0.731. The van der Waals surface area contributed by atoms with Crippen LogP contribution in [0.25, 0.3) is 0 Å². The number of rotatable bonds is 22. The molecule has 23 nitrogen and oxygen atoms in total. The van der Waals surface area contributed by atoms with Gasteiger partial charge in [-0.15, -0.1) is 0 Å². The highest BCUT2D eigenvalue weighted by Gasteiger charge is 1.84. The second kappa shape index (κ2) is 23.1. The zero-order chi connectivity index (χ0) is 18.3. The first-order chi connectivity index (χ1) is 12.4. The summed E-state index contributed by atoms with van der Waals surface area (Å²) in [5, 5.41) is 0. The van der Waals surface area contributed by atoms with E-state index in [-0.39, 0.29) is 0 Å². The third-order valence-electron chi connectivity index (χ3n) is 1.52. The molecular weight excluding hydrogens is 346 g/mol. The molecule has 0 spiro atoms. The molecule has 25 heavy (non-hydrogen) atoms. The summed E-state index contributed by atoms with van der Waals surface area (Å²) in [4.78, 5) is 0. The molecule has 0 aliphatic carbocycles. The van der Waals surface area contributed by atoms with Gasteiger partial charge in [0.25, 0.3) is 0 Å². The number of hydrazine groups is 22. The fourth-order valence-electron chi connectivity index (χ4n) is 0.731. The standard InChI is InChI=1S/C2H29N23/c1-2-4-6-8-10-12-14-16-18-20-22-24-25-23-21-19-17-15-13-11-9-7-5-3/h4-25H,2-3H2,1H3. The van der Waals surface area contributed by atoms with E-state index >= 15 is 0 Å². The molecule has 0 radical (unpaired) electrons. The third-order valence-corrected chi connectivity index (χ3v) is 1.52. The zero-order valence-corrected chi connectivity index (χ0v) is 13.3. The van der Waals surface area contributed by atoms with Crippen molar-refractivity contribution in [3.05, 3.63) is 0 Å². The molecule has 0 heterocycles. The minimum absolute atomic E-state index is 0.768. The molecule has 0 rings (SSSR count). The molecule has 0 amide bonds. The summed E-state index contributed by atoms with van der Waals surface area (Å²) in [6.45, 7) is 2.71. The topological polar surface area (TPSA) is 291 Å². The van der Waals surface area contributed by atoms with Crippen molar-refractivity contribution >= 4 is 0 Å². The van der Waals surface area contributed by atoms with Gasteiger partial charge in [-0.2, -0.15) is 116 Å². The van der Waals surface area contributed by atoms with Crippen LogP contribution in [0.4, 0.5) is 0 Å². The summed E-state index contributed by atoms with van der Waals surface area (Å²) in [5.74, 6) is 4.91. The molecule has 0 aromatic rings. The van der Waals surface area contributed by atoms with Gasteiger partial charge < -0.3 is 0 Å². The molecule has 0 atom stereocenters. The minimum atomic E-state index is 0.768. The van der Waals surface area contributed by atoms with Crippen molar-refractivity contribution in [1.82, 2.24) is 122 Å². The average molecular weight is 375 g/mol. The maximum atomic E-state index is 4.91. The highest BCUT2D eigenvalue weighted by molar-refractivity contribution is 4.21. The molecule has 0 aromatic heterocycles. The smallest absolute Gasteiger partial charge is 0.00850 e. The second-order valence-electron chi connectivity index (χ2n) is 3.17. The fraction of sp³-hybridized carbons (Fsp3) is 1.00. The minimum Gasteiger partial charge on any atom is -0.257 e. The largest absolute Gasteiger partial charge is 0.257 e. The van der Waals surface area contributed by atoms with E-state index in [1.165, 1.54) is 0 Å². The van der Waals surface area contributed by atoms with Gasteiger partial charge in [-0.1, -0.05) is 6.92 Å². The van der Waals surface area contributed by atoms with Gasteiger partial charge in [-0.25, -0.2) is 5.43 Å². The lowest BCUT2D eigenvalue weighted by molar-refractivity contribution is 0.190. The molecule has 152 valence electrons. The molecule has 0 fully saturated rings. The Kier molecular flexibility index (Phi) is 22.2. The van der Waals surface area contributed by atoms with Gasteiger partial charge in [-0.05, 0) is 0 Å². The SMILES string of the molecule is CCNNNNNNNNNNNNNNNNNNNNNNN. The van der Waals surface area contributed by atoms with Crippen molar-refractivity contribution in [3.8, 4) is 0 Å². The van der Waals surface area contributed by atoms with Crippen molar-refractivity contribution in [2.45, 2.75) is 6.92 Å². The Morgan fingerprint density at radius 2 is 0.640 bits per heavy atom. The van der Waals surface area contributed by atoms with Gasteiger partial charge in [-0.3, -0.25) is 5.84 Å². The van der Waals surface area contributed by atoms with Crippen molar-refractivity contribution < 1.29 is 0 Å². The van der Waals surface area contributed by atoms with Crippen molar-refractivity contribution in [3.63, 3.8) is 0 Å². The molecular formula is C2H29N23. The quantitative estimate of drug-likeness (QED) is 0.0474. The Bertz CT molecular complexity index is 196. The molecule has 0 unspecified atom stereocenters. The summed E-state index contributed by atoms with van der Waals surface area (Å²) < 4.78 is 0. The zero-order valence-electron chi connectivity index (χ0n) is 13.3. The molecule has 0 aliphatic heterocycles. The monoisotopic (exact) mass is 375 g/mol. The highest BCUT2D eigenvalue weighted by atomic mass is 16.0. The molecule has 0 saturated carbocycles. The first-order valence-corrected chi connectivity index (χ1v) is 6.60. The van der Waals surface area contributed by atoms with Gasteiger partial charge in [0, 0.05) is 6.54 Å². The van der Waals surface area contributed by atoms with Crippen LogP contribution in [0.5, 0.6) is 0 Å².